The Morgan fingerprint density at radius 3 is 2.22 bits per heavy atom. The van der Waals surface area contributed by atoms with E-state index < -0.39 is 8.32 Å². The molecule has 1 spiro atoms. The maximum Gasteiger partial charge on any atom is 0.241 e. The molecule has 27 heavy (non-hydrogen) atoms. The standard InChI is InChI=1S/C23H40O3Si/c1-20(2)17-11-12-22(4)18(9-8-10-19(22)26-27(5,6)7)21(17,3)13-14-23(20)24-15-16-25-23/h10,17-18H,8-9,11-16H2,1-7H3/t17-,18+,21-,22+/m0/s1. The van der Waals surface area contributed by atoms with E-state index in [4.69, 9.17) is 13.9 Å². The molecule has 3 nitrogen and oxygen atoms in total. The van der Waals surface area contributed by atoms with Crippen LogP contribution in [0.2, 0.25) is 19.6 Å². The Morgan fingerprint density at radius 1 is 0.926 bits per heavy atom. The van der Waals surface area contributed by atoms with E-state index in [1.54, 1.807) is 0 Å². The first-order chi connectivity index (χ1) is 12.4. The minimum atomic E-state index is -1.60. The summed E-state index contributed by atoms with van der Waals surface area (Å²) in [6, 6.07) is 0. The number of ether oxygens (including phenoxy) is 2. The third-order valence-electron chi connectivity index (χ3n) is 8.68. The second kappa shape index (κ2) is 6.09. The second-order valence-corrected chi connectivity index (χ2v) is 16.0. The van der Waals surface area contributed by atoms with Crippen molar-refractivity contribution in [1.29, 1.82) is 0 Å². The number of hydrogen-bond donors (Lipinski definition) is 0. The van der Waals surface area contributed by atoms with Gasteiger partial charge in [0.25, 0.3) is 0 Å². The molecule has 3 aliphatic carbocycles. The maximum absolute atomic E-state index is 6.67. The van der Waals surface area contributed by atoms with Gasteiger partial charge in [0.1, 0.15) is 0 Å². The van der Waals surface area contributed by atoms with Crippen LogP contribution in [0.3, 0.4) is 0 Å². The molecular weight excluding hydrogens is 352 g/mol. The third kappa shape index (κ3) is 2.80. The zero-order chi connectivity index (χ0) is 19.7. The number of rotatable bonds is 2. The quantitative estimate of drug-likeness (QED) is 0.530. The molecule has 2 saturated carbocycles. The maximum atomic E-state index is 6.67. The summed E-state index contributed by atoms with van der Waals surface area (Å²) in [4.78, 5) is 0. The van der Waals surface area contributed by atoms with Crippen molar-refractivity contribution in [3.8, 4) is 0 Å². The van der Waals surface area contributed by atoms with E-state index in [9.17, 15) is 0 Å². The lowest BCUT2D eigenvalue weighted by atomic mass is 9.40. The Labute approximate surface area is 167 Å². The summed E-state index contributed by atoms with van der Waals surface area (Å²) in [6.45, 7) is 18.4. The van der Waals surface area contributed by atoms with Crippen molar-refractivity contribution in [2.45, 2.75) is 91.6 Å². The lowest BCUT2D eigenvalue weighted by Crippen LogP contribution is -2.64. The van der Waals surface area contributed by atoms with Crippen molar-refractivity contribution in [1.82, 2.24) is 0 Å². The molecule has 154 valence electrons. The molecule has 0 N–H and O–H groups in total. The molecular formula is C23H40O3Si. The van der Waals surface area contributed by atoms with Gasteiger partial charge in [-0.2, -0.15) is 0 Å². The minimum Gasteiger partial charge on any atom is -0.547 e. The molecule has 1 aliphatic heterocycles. The molecule has 0 unspecified atom stereocenters. The zero-order valence-electron chi connectivity index (χ0n) is 18.6. The largest absolute Gasteiger partial charge is 0.547 e. The molecule has 4 aliphatic rings. The van der Waals surface area contributed by atoms with Gasteiger partial charge in [0.2, 0.25) is 8.32 Å². The molecule has 4 heteroatoms. The predicted molar refractivity (Wildman–Crippen MR) is 112 cm³/mol. The van der Waals surface area contributed by atoms with Crippen molar-refractivity contribution in [2.75, 3.05) is 13.2 Å². The van der Waals surface area contributed by atoms with E-state index in [0.29, 0.717) is 17.3 Å². The highest BCUT2D eigenvalue weighted by Crippen LogP contribution is 2.70. The van der Waals surface area contributed by atoms with Crippen LogP contribution in [0.5, 0.6) is 0 Å². The van der Waals surface area contributed by atoms with Gasteiger partial charge in [0.15, 0.2) is 5.79 Å². The van der Waals surface area contributed by atoms with Gasteiger partial charge in [-0.25, -0.2) is 0 Å². The molecule has 0 amide bonds. The van der Waals surface area contributed by atoms with E-state index >= 15 is 0 Å². The van der Waals surface area contributed by atoms with Crippen molar-refractivity contribution in [3.05, 3.63) is 11.8 Å². The number of allylic oxidation sites excluding steroid dienone is 2. The van der Waals surface area contributed by atoms with E-state index in [2.05, 4.69) is 53.4 Å². The summed E-state index contributed by atoms with van der Waals surface area (Å²) in [5.74, 6) is 2.30. The highest BCUT2D eigenvalue weighted by atomic mass is 28.4. The average molecular weight is 393 g/mol. The topological polar surface area (TPSA) is 27.7 Å². The molecule has 1 heterocycles. The molecule has 3 fully saturated rings. The lowest BCUT2D eigenvalue weighted by Gasteiger charge is -2.66. The third-order valence-corrected chi connectivity index (χ3v) is 9.51. The molecule has 4 atom stereocenters. The van der Waals surface area contributed by atoms with Crippen LogP contribution in [0.1, 0.15) is 66.2 Å². The van der Waals surface area contributed by atoms with Crippen LogP contribution in [-0.2, 0) is 13.9 Å². The number of hydrogen-bond acceptors (Lipinski definition) is 3. The van der Waals surface area contributed by atoms with Crippen molar-refractivity contribution in [3.63, 3.8) is 0 Å². The monoisotopic (exact) mass is 392 g/mol. The van der Waals surface area contributed by atoms with Gasteiger partial charge in [-0.05, 0) is 75.1 Å². The molecule has 4 rings (SSSR count). The zero-order valence-corrected chi connectivity index (χ0v) is 19.6. The van der Waals surface area contributed by atoms with Gasteiger partial charge < -0.3 is 13.9 Å². The van der Waals surface area contributed by atoms with Crippen LogP contribution < -0.4 is 0 Å². The van der Waals surface area contributed by atoms with E-state index in [1.807, 2.05) is 0 Å². The van der Waals surface area contributed by atoms with Crippen LogP contribution in [0, 0.1) is 28.1 Å². The highest BCUT2D eigenvalue weighted by Gasteiger charge is 2.67. The smallest absolute Gasteiger partial charge is 0.241 e. The lowest BCUT2D eigenvalue weighted by molar-refractivity contribution is -0.301. The minimum absolute atomic E-state index is 0.0544. The van der Waals surface area contributed by atoms with E-state index in [1.165, 1.54) is 37.9 Å². The van der Waals surface area contributed by atoms with Gasteiger partial charge in [0.05, 0.1) is 19.0 Å². The Morgan fingerprint density at radius 2 is 1.59 bits per heavy atom. The van der Waals surface area contributed by atoms with Crippen LogP contribution in [0.25, 0.3) is 0 Å². The molecule has 0 radical (unpaired) electrons. The van der Waals surface area contributed by atoms with Gasteiger partial charge in [-0.1, -0.05) is 27.7 Å². The Hall–Kier alpha value is -0.323. The van der Waals surface area contributed by atoms with Crippen LogP contribution in [0.15, 0.2) is 11.8 Å². The van der Waals surface area contributed by atoms with Gasteiger partial charge in [0, 0.05) is 17.3 Å². The fourth-order valence-electron chi connectivity index (χ4n) is 7.49. The van der Waals surface area contributed by atoms with E-state index in [-0.39, 0.29) is 16.6 Å². The van der Waals surface area contributed by atoms with Gasteiger partial charge in [-0.3, -0.25) is 0 Å². The molecule has 0 aromatic carbocycles. The van der Waals surface area contributed by atoms with Gasteiger partial charge in [-0.15, -0.1) is 0 Å². The number of fused-ring (bicyclic) bond motifs is 3. The summed E-state index contributed by atoms with van der Waals surface area (Å²) in [6.07, 6.45) is 9.62. The van der Waals surface area contributed by atoms with Crippen molar-refractivity contribution in [2.24, 2.45) is 28.1 Å². The normalized spacial score (nSPS) is 43.0. The Balaban J connectivity index is 1.69. The summed E-state index contributed by atoms with van der Waals surface area (Å²) < 4.78 is 19.2. The molecule has 0 aromatic heterocycles. The first kappa shape index (κ1) is 20.0. The highest BCUT2D eigenvalue weighted by molar-refractivity contribution is 6.70. The average Bonchev–Trinajstić information content (AvgIpc) is 3.03. The van der Waals surface area contributed by atoms with E-state index in [0.717, 1.165) is 19.6 Å². The SMILES string of the molecule is CC1(C)[C@@H]2CC[C@@]3(C)C(O[Si](C)(C)C)=CCC[C@@H]3[C@@]2(C)CCC12OCCO2. The molecule has 0 bridgehead atoms. The summed E-state index contributed by atoms with van der Waals surface area (Å²) in [7, 11) is -1.60. The van der Waals surface area contributed by atoms with Crippen LogP contribution in [-0.4, -0.2) is 27.3 Å². The summed E-state index contributed by atoms with van der Waals surface area (Å²) in [5, 5.41) is 0. The molecule has 0 aromatic rings. The van der Waals surface area contributed by atoms with Crippen LogP contribution in [0.4, 0.5) is 0 Å². The summed E-state index contributed by atoms with van der Waals surface area (Å²) >= 11 is 0. The fraction of sp³-hybridized carbons (Fsp3) is 0.913. The van der Waals surface area contributed by atoms with Crippen molar-refractivity contribution < 1.29 is 13.9 Å². The first-order valence-corrected chi connectivity index (χ1v) is 14.5. The van der Waals surface area contributed by atoms with Crippen LogP contribution >= 0.6 is 0 Å². The Kier molecular flexibility index (Phi) is 4.50. The predicted octanol–water partition coefficient (Wildman–Crippen LogP) is 6.12. The second-order valence-electron chi connectivity index (χ2n) is 11.6. The van der Waals surface area contributed by atoms with Gasteiger partial charge >= 0.3 is 0 Å². The fourth-order valence-corrected chi connectivity index (χ4v) is 8.47. The molecule has 1 saturated heterocycles. The van der Waals surface area contributed by atoms with Crippen molar-refractivity contribution >= 4 is 8.32 Å². The first-order valence-electron chi connectivity index (χ1n) is 11.1. The Bertz CT molecular complexity index is 628. The summed E-state index contributed by atoms with van der Waals surface area (Å²) in [5.41, 5.74) is 0.583.